The second-order valence-corrected chi connectivity index (χ2v) is 14.1. The summed E-state index contributed by atoms with van der Waals surface area (Å²) in [6, 6.07) is 39.5. The van der Waals surface area contributed by atoms with Gasteiger partial charge in [-0.3, -0.25) is 4.55 Å². The minimum absolute atomic E-state index is 0.288. The van der Waals surface area contributed by atoms with Crippen molar-refractivity contribution in [2.75, 3.05) is 11.5 Å². The van der Waals surface area contributed by atoms with Gasteiger partial charge in [0, 0.05) is 6.20 Å². The number of nitrogens with zero attached hydrogens (tertiary/aromatic N) is 3. The van der Waals surface area contributed by atoms with Crippen molar-refractivity contribution in [3.63, 3.8) is 0 Å². The van der Waals surface area contributed by atoms with E-state index in [1.165, 1.54) is 0 Å². The summed E-state index contributed by atoms with van der Waals surface area (Å²) in [5.41, 5.74) is 6.30. The zero-order chi connectivity index (χ0) is 30.6. The third kappa shape index (κ3) is 5.59. The Kier molecular flexibility index (Phi) is 8.46. The molecule has 0 fully saturated rings. The van der Waals surface area contributed by atoms with Gasteiger partial charge >= 0.3 is 0 Å². The third-order valence-electron chi connectivity index (χ3n) is 8.50. The highest BCUT2D eigenvalue weighted by atomic mass is 32.2. The molecule has 4 aromatic carbocycles. The number of nitriles is 1. The van der Waals surface area contributed by atoms with Gasteiger partial charge in [-0.25, -0.2) is 4.98 Å². The molecule has 0 spiro atoms. The van der Waals surface area contributed by atoms with Gasteiger partial charge in [-0.05, 0) is 71.4 Å². The Hall–Kier alpha value is -4.16. The molecule has 222 valence electrons. The lowest BCUT2D eigenvalue weighted by molar-refractivity contribution is 0.482. The summed E-state index contributed by atoms with van der Waals surface area (Å²) in [4.78, 5) is 5.13. The van der Waals surface area contributed by atoms with Gasteiger partial charge in [-0.2, -0.15) is 13.7 Å². The molecule has 1 heterocycles. The average molecular weight is 620 g/mol. The molecule has 1 aliphatic carbocycles. The summed E-state index contributed by atoms with van der Waals surface area (Å²) in [6.07, 6.45) is 6.97. The molecular weight excluding hydrogens is 587 g/mol. The minimum Gasteiger partial charge on any atom is -0.319 e. The van der Waals surface area contributed by atoms with E-state index in [2.05, 4.69) is 89.6 Å². The second-order valence-electron chi connectivity index (χ2n) is 11.1. The van der Waals surface area contributed by atoms with Crippen LogP contribution in [0.25, 0.3) is 0 Å². The maximum atomic E-state index is 11.5. The molecule has 1 aliphatic rings. The quantitative estimate of drug-likeness (QED) is 0.101. The number of benzene rings is 4. The molecule has 1 atom stereocenters. The van der Waals surface area contributed by atoms with Crippen LogP contribution in [0.15, 0.2) is 122 Å². The monoisotopic (exact) mass is 619 g/mol. The van der Waals surface area contributed by atoms with Gasteiger partial charge in [0.2, 0.25) is 0 Å². The molecule has 1 aromatic heterocycles. The first kappa shape index (κ1) is 29.9. The molecule has 6 rings (SSSR count). The lowest BCUT2D eigenvalue weighted by Crippen LogP contribution is -2.37. The van der Waals surface area contributed by atoms with Crippen LogP contribution in [-0.4, -0.2) is 34.0 Å². The molecule has 6 nitrogen and oxygen atoms in total. The van der Waals surface area contributed by atoms with Crippen LogP contribution in [0.1, 0.15) is 58.3 Å². The third-order valence-corrected chi connectivity index (χ3v) is 10.9. The SMILES string of the molecule is N#Cc1ccc2c(c1)CCCC2(SCCCS(=O)(=O)O)c1cn(C(c2ccccc2)(c2ccccc2)c2ccccc2)cn1. The number of fused-ring (bicyclic) bond motifs is 1. The van der Waals surface area contributed by atoms with Gasteiger partial charge < -0.3 is 4.57 Å². The maximum Gasteiger partial charge on any atom is 0.264 e. The van der Waals surface area contributed by atoms with Crippen LogP contribution in [0.3, 0.4) is 0 Å². The van der Waals surface area contributed by atoms with Gasteiger partial charge in [0.05, 0.1) is 34.2 Å². The zero-order valence-electron chi connectivity index (χ0n) is 24.2. The molecule has 44 heavy (non-hydrogen) atoms. The lowest BCUT2D eigenvalue weighted by Gasteiger charge is -2.39. The molecule has 0 bridgehead atoms. The highest BCUT2D eigenvalue weighted by molar-refractivity contribution is 8.00. The summed E-state index contributed by atoms with van der Waals surface area (Å²) in [6.45, 7) is 0. The fourth-order valence-electron chi connectivity index (χ4n) is 6.60. The number of hydrogen-bond acceptors (Lipinski definition) is 5. The van der Waals surface area contributed by atoms with Crippen LogP contribution >= 0.6 is 11.8 Å². The normalized spacial score (nSPS) is 16.6. The van der Waals surface area contributed by atoms with Crippen LogP contribution in [-0.2, 0) is 26.8 Å². The Morgan fingerprint density at radius 2 is 1.50 bits per heavy atom. The summed E-state index contributed by atoms with van der Waals surface area (Å²) in [5, 5.41) is 9.60. The topological polar surface area (TPSA) is 96.0 Å². The van der Waals surface area contributed by atoms with Crippen LogP contribution in [0.4, 0.5) is 0 Å². The summed E-state index contributed by atoms with van der Waals surface area (Å²) >= 11 is 1.67. The molecule has 0 radical (unpaired) electrons. The van der Waals surface area contributed by atoms with Crippen molar-refractivity contribution >= 4 is 21.9 Å². The zero-order valence-corrected chi connectivity index (χ0v) is 25.8. The smallest absolute Gasteiger partial charge is 0.264 e. The molecule has 8 heteroatoms. The minimum atomic E-state index is -4.06. The summed E-state index contributed by atoms with van der Waals surface area (Å²) in [7, 11) is -4.06. The Morgan fingerprint density at radius 1 is 0.909 bits per heavy atom. The maximum absolute atomic E-state index is 11.5. The van der Waals surface area contributed by atoms with E-state index in [9.17, 15) is 18.2 Å². The van der Waals surface area contributed by atoms with Crippen molar-refractivity contribution in [1.29, 1.82) is 5.26 Å². The van der Waals surface area contributed by atoms with E-state index in [0.717, 1.165) is 52.8 Å². The standard InChI is InChI=1S/C36H33N3O3S2/c37-25-28-19-20-33-29(24-28)12-10-21-35(33,43-22-11-23-44(40,41)42)34-26-39(27-38-34)36(30-13-4-1-5-14-30,31-15-6-2-7-16-31)32-17-8-3-9-18-32/h1-9,13-20,24,26-27H,10-12,21-23H2,(H,40,41,42). The van der Waals surface area contributed by atoms with E-state index >= 15 is 0 Å². The van der Waals surface area contributed by atoms with Crippen molar-refractivity contribution in [1.82, 2.24) is 9.55 Å². The Labute approximate surface area is 263 Å². The molecule has 0 saturated carbocycles. The van der Waals surface area contributed by atoms with Crippen LogP contribution in [0, 0.1) is 11.3 Å². The predicted octanol–water partition coefficient (Wildman–Crippen LogP) is 7.19. The van der Waals surface area contributed by atoms with Gasteiger partial charge in [-0.1, -0.05) is 97.1 Å². The van der Waals surface area contributed by atoms with E-state index < -0.39 is 20.4 Å². The molecule has 0 amide bonds. The van der Waals surface area contributed by atoms with Crippen LogP contribution in [0.2, 0.25) is 0 Å². The van der Waals surface area contributed by atoms with Crippen molar-refractivity contribution in [3.05, 3.63) is 161 Å². The Balaban J connectivity index is 1.55. The van der Waals surface area contributed by atoms with E-state index in [-0.39, 0.29) is 5.75 Å². The number of imidazole rings is 1. The first-order valence-electron chi connectivity index (χ1n) is 14.7. The second kappa shape index (κ2) is 12.4. The molecule has 1 N–H and O–H groups in total. The fraction of sp³-hybridized carbons (Fsp3) is 0.222. The first-order valence-corrected chi connectivity index (χ1v) is 17.3. The molecular formula is C36H33N3O3S2. The highest BCUT2D eigenvalue weighted by Crippen LogP contribution is 2.51. The number of hydrogen-bond donors (Lipinski definition) is 1. The van der Waals surface area contributed by atoms with Crippen molar-refractivity contribution < 1.29 is 13.0 Å². The Bertz CT molecular complexity index is 1790. The van der Waals surface area contributed by atoms with Gasteiger partial charge in [0.15, 0.2) is 0 Å². The van der Waals surface area contributed by atoms with E-state index in [4.69, 9.17) is 4.98 Å². The first-order chi connectivity index (χ1) is 21.4. The van der Waals surface area contributed by atoms with E-state index in [1.807, 2.05) is 42.7 Å². The number of aryl methyl sites for hydroxylation is 1. The molecule has 0 aliphatic heterocycles. The average Bonchev–Trinajstić information content (AvgIpc) is 3.55. The van der Waals surface area contributed by atoms with E-state index in [1.54, 1.807) is 11.8 Å². The predicted molar refractivity (Wildman–Crippen MR) is 175 cm³/mol. The fourth-order valence-corrected chi connectivity index (χ4v) is 8.83. The molecule has 1 unspecified atom stereocenters. The van der Waals surface area contributed by atoms with E-state index in [0.29, 0.717) is 17.7 Å². The number of aromatic nitrogens is 2. The largest absolute Gasteiger partial charge is 0.319 e. The molecule has 5 aromatic rings. The van der Waals surface area contributed by atoms with Gasteiger partial charge in [-0.15, -0.1) is 11.8 Å². The van der Waals surface area contributed by atoms with Crippen molar-refractivity contribution in [3.8, 4) is 6.07 Å². The van der Waals surface area contributed by atoms with Crippen molar-refractivity contribution in [2.24, 2.45) is 0 Å². The Morgan fingerprint density at radius 3 is 2.05 bits per heavy atom. The van der Waals surface area contributed by atoms with Gasteiger partial charge in [0.1, 0.15) is 5.54 Å². The van der Waals surface area contributed by atoms with Crippen LogP contribution < -0.4 is 0 Å². The van der Waals surface area contributed by atoms with Crippen LogP contribution in [0.5, 0.6) is 0 Å². The molecule has 0 saturated heterocycles. The number of thioether (sulfide) groups is 1. The summed E-state index contributed by atoms with van der Waals surface area (Å²) < 4.78 is 34.1. The summed E-state index contributed by atoms with van der Waals surface area (Å²) in [5.74, 6) is 0.233. The lowest BCUT2D eigenvalue weighted by atomic mass is 9.76. The number of rotatable bonds is 10. The van der Waals surface area contributed by atoms with Crippen molar-refractivity contribution in [2.45, 2.75) is 36.0 Å². The van der Waals surface area contributed by atoms with Gasteiger partial charge in [0.25, 0.3) is 10.1 Å². The highest BCUT2D eigenvalue weighted by Gasteiger charge is 2.44.